The van der Waals surface area contributed by atoms with Crippen molar-refractivity contribution in [3.63, 3.8) is 0 Å². The van der Waals surface area contributed by atoms with Crippen molar-refractivity contribution in [2.75, 3.05) is 26.2 Å². The Bertz CT molecular complexity index is 238. The van der Waals surface area contributed by atoms with E-state index in [9.17, 15) is 4.79 Å². The third-order valence-electron chi connectivity index (χ3n) is 3.40. The van der Waals surface area contributed by atoms with Gasteiger partial charge in [-0.3, -0.25) is 4.79 Å². The van der Waals surface area contributed by atoms with Crippen molar-refractivity contribution in [2.45, 2.75) is 46.1 Å². The molecule has 0 aromatic rings. The Morgan fingerprint density at radius 1 is 1.44 bits per heavy atom. The summed E-state index contributed by atoms with van der Waals surface area (Å²) in [7, 11) is 0. The van der Waals surface area contributed by atoms with Crippen LogP contribution < -0.4 is 10.6 Å². The molecule has 4 nitrogen and oxygen atoms in total. The van der Waals surface area contributed by atoms with E-state index in [2.05, 4.69) is 24.5 Å². The number of ether oxygens (including phenoxy) is 1. The summed E-state index contributed by atoms with van der Waals surface area (Å²) >= 11 is 0. The molecule has 106 valence electrons. The fourth-order valence-electron chi connectivity index (χ4n) is 2.04. The SMILES string of the molecule is CC(C)CCOC(C)C(=O)NCC1CCCNC1. The third kappa shape index (κ3) is 6.36. The summed E-state index contributed by atoms with van der Waals surface area (Å²) in [6.45, 7) is 9.70. The predicted octanol–water partition coefficient (Wildman–Crippen LogP) is 1.55. The van der Waals surface area contributed by atoms with Crippen LogP contribution in [0.4, 0.5) is 0 Å². The smallest absolute Gasteiger partial charge is 0.248 e. The Morgan fingerprint density at radius 2 is 2.22 bits per heavy atom. The quantitative estimate of drug-likeness (QED) is 0.726. The summed E-state index contributed by atoms with van der Waals surface area (Å²) < 4.78 is 5.53. The van der Waals surface area contributed by atoms with E-state index in [0.717, 1.165) is 26.1 Å². The van der Waals surface area contributed by atoms with Gasteiger partial charge in [-0.2, -0.15) is 0 Å². The lowest BCUT2D eigenvalue weighted by Crippen LogP contribution is -2.41. The highest BCUT2D eigenvalue weighted by Gasteiger charge is 2.17. The number of hydrogen-bond acceptors (Lipinski definition) is 3. The minimum absolute atomic E-state index is 0.0179. The molecule has 0 aromatic carbocycles. The van der Waals surface area contributed by atoms with Crippen LogP contribution in [-0.4, -0.2) is 38.3 Å². The number of piperidine rings is 1. The molecule has 0 spiro atoms. The number of amides is 1. The van der Waals surface area contributed by atoms with Crippen LogP contribution in [0.15, 0.2) is 0 Å². The molecule has 1 heterocycles. The summed E-state index contributed by atoms with van der Waals surface area (Å²) in [5.41, 5.74) is 0. The van der Waals surface area contributed by atoms with Gasteiger partial charge in [-0.1, -0.05) is 13.8 Å². The molecule has 2 unspecified atom stereocenters. The van der Waals surface area contributed by atoms with Gasteiger partial charge in [0, 0.05) is 13.2 Å². The summed E-state index contributed by atoms with van der Waals surface area (Å²) in [6, 6.07) is 0. The zero-order valence-electron chi connectivity index (χ0n) is 12.0. The van der Waals surface area contributed by atoms with E-state index in [0.29, 0.717) is 18.4 Å². The van der Waals surface area contributed by atoms with Gasteiger partial charge >= 0.3 is 0 Å². The fraction of sp³-hybridized carbons (Fsp3) is 0.929. The Labute approximate surface area is 111 Å². The van der Waals surface area contributed by atoms with Crippen LogP contribution in [-0.2, 0) is 9.53 Å². The topological polar surface area (TPSA) is 50.4 Å². The highest BCUT2D eigenvalue weighted by molar-refractivity contribution is 5.80. The highest BCUT2D eigenvalue weighted by Crippen LogP contribution is 2.08. The molecule has 4 heteroatoms. The second-order valence-electron chi connectivity index (χ2n) is 5.65. The first-order chi connectivity index (χ1) is 8.59. The van der Waals surface area contributed by atoms with Crippen molar-refractivity contribution >= 4 is 5.91 Å². The molecule has 2 N–H and O–H groups in total. The predicted molar refractivity (Wildman–Crippen MR) is 73.5 cm³/mol. The largest absolute Gasteiger partial charge is 0.369 e. The van der Waals surface area contributed by atoms with Gasteiger partial charge in [-0.15, -0.1) is 0 Å². The first-order valence-corrected chi connectivity index (χ1v) is 7.19. The lowest BCUT2D eigenvalue weighted by molar-refractivity contribution is -0.132. The molecule has 0 aromatic heterocycles. The van der Waals surface area contributed by atoms with Crippen molar-refractivity contribution in [3.8, 4) is 0 Å². The van der Waals surface area contributed by atoms with Crippen molar-refractivity contribution in [1.29, 1.82) is 0 Å². The molecule has 1 aliphatic heterocycles. The van der Waals surface area contributed by atoms with E-state index in [1.54, 1.807) is 0 Å². The normalized spacial score (nSPS) is 21.9. The Balaban J connectivity index is 2.10. The van der Waals surface area contributed by atoms with Gasteiger partial charge in [0.2, 0.25) is 5.91 Å². The molecule has 1 fully saturated rings. The van der Waals surface area contributed by atoms with Gasteiger partial charge in [0.25, 0.3) is 0 Å². The van der Waals surface area contributed by atoms with Crippen LogP contribution in [0, 0.1) is 11.8 Å². The Morgan fingerprint density at radius 3 is 2.83 bits per heavy atom. The van der Waals surface area contributed by atoms with Gasteiger partial charge in [-0.25, -0.2) is 0 Å². The molecular weight excluding hydrogens is 228 g/mol. The van der Waals surface area contributed by atoms with Gasteiger partial charge in [0.1, 0.15) is 6.10 Å². The molecule has 1 aliphatic rings. The molecule has 0 bridgehead atoms. The summed E-state index contributed by atoms with van der Waals surface area (Å²) in [6.07, 6.45) is 3.08. The number of rotatable bonds is 7. The molecule has 0 radical (unpaired) electrons. The van der Waals surface area contributed by atoms with Gasteiger partial charge in [0.05, 0.1) is 0 Å². The van der Waals surface area contributed by atoms with E-state index in [-0.39, 0.29) is 12.0 Å². The molecule has 18 heavy (non-hydrogen) atoms. The number of carbonyl (C=O) groups is 1. The molecule has 1 rings (SSSR count). The zero-order valence-corrected chi connectivity index (χ0v) is 12.0. The summed E-state index contributed by atoms with van der Waals surface area (Å²) in [5, 5.41) is 6.34. The second-order valence-corrected chi connectivity index (χ2v) is 5.65. The Hall–Kier alpha value is -0.610. The van der Waals surface area contributed by atoms with Crippen molar-refractivity contribution in [2.24, 2.45) is 11.8 Å². The summed E-state index contributed by atoms with van der Waals surface area (Å²) in [4.78, 5) is 11.8. The van der Waals surface area contributed by atoms with E-state index < -0.39 is 0 Å². The maximum Gasteiger partial charge on any atom is 0.248 e. The first-order valence-electron chi connectivity index (χ1n) is 7.19. The van der Waals surface area contributed by atoms with Crippen LogP contribution in [0.5, 0.6) is 0 Å². The lowest BCUT2D eigenvalue weighted by Gasteiger charge is -2.23. The van der Waals surface area contributed by atoms with Crippen molar-refractivity contribution < 1.29 is 9.53 Å². The average molecular weight is 256 g/mol. The third-order valence-corrected chi connectivity index (χ3v) is 3.40. The molecule has 1 amide bonds. The molecule has 1 saturated heterocycles. The van der Waals surface area contributed by atoms with Gasteiger partial charge in [-0.05, 0) is 51.1 Å². The summed E-state index contributed by atoms with van der Waals surface area (Å²) in [5.74, 6) is 1.21. The van der Waals surface area contributed by atoms with E-state index in [4.69, 9.17) is 4.74 Å². The maximum atomic E-state index is 11.8. The van der Waals surface area contributed by atoms with Crippen LogP contribution >= 0.6 is 0 Å². The van der Waals surface area contributed by atoms with E-state index >= 15 is 0 Å². The molecule has 0 aliphatic carbocycles. The Kier molecular flexibility index (Phi) is 7.28. The first kappa shape index (κ1) is 15.4. The van der Waals surface area contributed by atoms with Crippen LogP contribution in [0.25, 0.3) is 0 Å². The average Bonchev–Trinajstić information content (AvgIpc) is 2.36. The number of hydrogen-bond donors (Lipinski definition) is 2. The van der Waals surface area contributed by atoms with Crippen LogP contribution in [0.2, 0.25) is 0 Å². The lowest BCUT2D eigenvalue weighted by atomic mass is 10.00. The van der Waals surface area contributed by atoms with E-state index in [1.807, 2.05) is 6.92 Å². The molecule has 0 saturated carbocycles. The fourth-order valence-corrected chi connectivity index (χ4v) is 2.04. The van der Waals surface area contributed by atoms with Gasteiger partial charge < -0.3 is 15.4 Å². The standard InChI is InChI=1S/C14H28N2O2/c1-11(2)6-8-18-12(3)14(17)16-10-13-5-4-7-15-9-13/h11-13,15H,4-10H2,1-3H3,(H,16,17). The monoisotopic (exact) mass is 256 g/mol. The van der Waals surface area contributed by atoms with Crippen molar-refractivity contribution in [1.82, 2.24) is 10.6 Å². The van der Waals surface area contributed by atoms with Crippen molar-refractivity contribution in [3.05, 3.63) is 0 Å². The minimum atomic E-state index is -0.333. The van der Waals surface area contributed by atoms with Crippen LogP contribution in [0.3, 0.4) is 0 Å². The number of nitrogens with one attached hydrogen (secondary N) is 2. The second kappa shape index (κ2) is 8.48. The minimum Gasteiger partial charge on any atom is -0.369 e. The highest BCUT2D eigenvalue weighted by atomic mass is 16.5. The molecule has 2 atom stereocenters. The zero-order chi connectivity index (χ0) is 13.4. The maximum absolute atomic E-state index is 11.8. The van der Waals surface area contributed by atoms with E-state index in [1.165, 1.54) is 12.8 Å². The number of carbonyl (C=O) groups excluding carboxylic acids is 1. The van der Waals surface area contributed by atoms with Crippen LogP contribution in [0.1, 0.15) is 40.0 Å². The molecular formula is C14H28N2O2. The van der Waals surface area contributed by atoms with Gasteiger partial charge in [0.15, 0.2) is 0 Å².